The SMILES string of the molecule is CC.COc1cc(C(=O)NCC(C)(O)c2cc3c(c(-c4ccc(F)c(Cl)c4)n2)OCC3(C)C)ccc1OCCO. The zero-order valence-corrected chi connectivity index (χ0v) is 24.4. The zero-order chi connectivity index (χ0) is 29.7. The first-order chi connectivity index (χ1) is 19.0. The van der Waals surface area contributed by atoms with Gasteiger partial charge in [-0.25, -0.2) is 9.37 Å². The van der Waals surface area contributed by atoms with Gasteiger partial charge in [-0.2, -0.15) is 0 Å². The highest BCUT2D eigenvalue weighted by molar-refractivity contribution is 6.31. The van der Waals surface area contributed by atoms with Gasteiger partial charge in [0, 0.05) is 22.1 Å². The van der Waals surface area contributed by atoms with Gasteiger partial charge in [0.2, 0.25) is 0 Å². The van der Waals surface area contributed by atoms with Crippen LogP contribution in [0.25, 0.3) is 11.3 Å². The highest BCUT2D eigenvalue weighted by atomic mass is 35.5. The minimum absolute atomic E-state index is 0.0528. The van der Waals surface area contributed by atoms with Crippen molar-refractivity contribution in [2.24, 2.45) is 0 Å². The first-order valence-electron chi connectivity index (χ1n) is 13.0. The Balaban J connectivity index is 0.00000216. The molecule has 1 amide bonds. The van der Waals surface area contributed by atoms with E-state index in [9.17, 15) is 14.3 Å². The van der Waals surface area contributed by atoms with Gasteiger partial charge in [-0.3, -0.25) is 4.79 Å². The van der Waals surface area contributed by atoms with Crippen molar-refractivity contribution in [3.05, 3.63) is 70.1 Å². The number of carbonyl (C=O) groups is 1. The number of amides is 1. The van der Waals surface area contributed by atoms with E-state index in [1.54, 1.807) is 31.2 Å². The molecule has 1 aliphatic rings. The van der Waals surface area contributed by atoms with Crippen molar-refractivity contribution >= 4 is 17.5 Å². The van der Waals surface area contributed by atoms with Crippen LogP contribution in [0, 0.1) is 5.82 Å². The van der Waals surface area contributed by atoms with Crippen LogP contribution < -0.4 is 19.5 Å². The first-order valence-corrected chi connectivity index (χ1v) is 13.4. The molecule has 0 saturated carbocycles. The number of nitrogens with zero attached hydrogens (tertiary/aromatic N) is 1. The van der Waals surface area contributed by atoms with Crippen molar-refractivity contribution in [2.75, 3.05) is 33.5 Å². The molecule has 4 rings (SSSR count). The van der Waals surface area contributed by atoms with E-state index in [0.29, 0.717) is 46.4 Å². The molecule has 1 atom stereocenters. The topological polar surface area (TPSA) is 110 Å². The second-order valence-electron chi connectivity index (χ2n) is 9.93. The third kappa shape index (κ3) is 6.66. The summed E-state index contributed by atoms with van der Waals surface area (Å²) in [5.41, 5.74) is 0.510. The number of methoxy groups -OCH3 is 1. The van der Waals surface area contributed by atoms with Crippen molar-refractivity contribution in [1.82, 2.24) is 10.3 Å². The maximum Gasteiger partial charge on any atom is 0.251 e. The molecule has 0 saturated heterocycles. The average molecular weight is 575 g/mol. The Bertz CT molecular complexity index is 1360. The molecular formula is C30H36ClFN2O6. The number of pyridine rings is 1. The summed E-state index contributed by atoms with van der Waals surface area (Å²) in [6.45, 7) is 9.78. The number of carbonyl (C=O) groups excluding carboxylic acids is 1. The molecule has 40 heavy (non-hydrogen) atoms. The summed E-state index contributed by atoms with van der Waals surface area (Å²) in [7, 11) is 1.45. The van der Waals surface area contributed by atoms with Crippen LogP contribution in [0.3, 0.4) is 0 Å². The van der Waals surface area contributed by atoms with Crippen LogP contribution in [0.1, 0.15) is 56.2 Å². The van der Waals surface area contributed by atoms with Gasteiger partial charge >= 0.3 is 0 Å². The molecule has 0 spiro atoms. The van der Waals surface area contributed by atoms with Crippen molar-refractivity contribution < 1.29 is 33.6 Å². The van der Waals surface area contributed by atoms with E-state index in [4.69, 9.17) is 30.9 Å². The van der Waals surface area contributed by atoms with Crippen LogP contribution in [0.15, 0.2) is 42.5 Å². The minimum atomic E-state index is -1.56. The standard InChI is InChI=1S/C28H30ClFN2O6.C2H6/c1-27(2)15-38-25-18(27)13-23(32-24(25)16-5-7-20(30)19(29)11-16)28(3,35)14-31-26(34)17-6-8-21(37-10-9-33)22(12-17)36-4;1-2/h5-8,11-13,33,35H,9-10,14-15H2,1-4H3,(H,31,34);1-2H3. The summed E-state index contributed by atoms with van der Waals surface area (Å²) in [5, 5.41) is 23.1. The molecule has 1 aliphatic heterocycles. The lowest BCUT2D eigenvalue weighted by Crippen LogP contribution is -2.39. The van der Waals surface area contributed by atoms with E-state index in [1.165, 1.54) is 25.3 Å². The molecule has 1 aromatic heterocycles. The highest BCUT2D eigenvalue weighted by Crippen LogP contribution is 2.45. The maximum atomic E-state index is 13.8. The fraction of sp³-hybridized carbons (Fsp3) is 0.400. The third-order valence-electron chi connectivity index (χ3n) is 6.39. The van der Waals surface area contributed by atoms with Gasteiger partial charge in [-0.15, -0.1) is 0 Å². The molecule has 0 bridgehead atoms. The lowest BCUT2D eigenvalue weighted by Gasteiger charge is -2.26. The minimum Gasteiger partial charge on any atom is -0.493 e. The fourth-order valence-electron chi connectivity index (χ4n) is 4.16. The lowest BCUT2D eigenvalue weighted by molar-refractivity contribution is 0.0489. The Morgan fingerprint density at radius 1 is 1.20 bits per heavy atom. The Morgan fingerprint density at radius 2 is 1.93 bits per heavy atom. The zero-order valence-electron chi connectivity index (χ0n) is 23.6. The van der Waals surface area contributed by atoms with Gasteiger partial charge < -0.3 is 29.7 Å². The van der Waals surface area contributed by atoms with Crippen LogP contribution >= 0.6 is 11.6 Å². The van der Waals surface area contributed by atoms with Gasteiger partial charge in [0.05, 0.1) is 37.6 Å². The van der Waals surface area contributed by atoms with E-state index >= 15 is 0 Å². The summed E-state index contributed by atoms with van der Waals surface area (Å²) >= 11 is 6.03. The number of hydrogen-bond donors (Lipinski definition) is 3. The monoisotopic (exact) mass is 574 g/mol. The third-order valence-corrected chi connectivity index (χ3v) is 6.68. The maximum absolute atomic E-state index is 13.8. The number of nitrogens with one attached hydrogen (secondary N) is 1. The Hall–Kier alpha value is -3.40. The van der Waals surface area contributed by atoms with Gasteiger partial charge in [0.15, 0.2) is 11.5 Å². The predicted molar refractivity (Wildman–Crippen MR) is 152 cm³/mol. The molecule has 0 aliphatic carbocycles. The second-order valence-corrected chi connectivity index (χ2v) is 10.3. The largest absolute Gasteiger partial charge is 0.493 e. The second kappa shape index (κ2) is 12.8. The average Bonchev–Trinajstić information content (AvgIpc) is 3.26. The van der Waals surface area contributed by atoms with Crippen molar-refractivity contribution in [2.45, 2.75) is 45.6 Å². The molecule has 0 fully saturated rings. The van der Waals surface area contributed by atoms with Crippen LogP contribution in [0.5, 0.6) is 17.2 Å². The van der Waals surface area contributed by atoms with E-state index < -0.39 is 17.3 Å². The van der Waals surface area contributed by atoms with Gasteiger partial charge in [0.25, 0.3) is 5.91 Å². The number of fused-ring (bicyclic) bond motifs is 1. The molecule has 1 unspecified atom stereocenters. The van der Waals surface area contributed by atoms with Gasteiger partial charge in [-0.1, -0.05) is 39.3 Å². The summed E-state index contributed by atoms with van der Waals surface area (Å²) in [6.07, 6.45) is 0. The quantitative estimate of drug-likeness (QED) is 0.320. The molecule has 0 radical (unpaired) electrons. The van der Waals surface area contributed by atoms with E-state index in [0.717, 1.165) is 5.56 Å². The van der Waals surface area contributed by atoms with Crippen LogP contribution in [0.2, 0.25) is 5.02 Å². The van der Waals surface area contributed by atoms with E-state index in [-0.39, 0.29) is 30.2 Å². The normalized spacial score (nSPS) is 14.7. The summed E-state index contributed by atoms with van der Waals surface area (Å²) in [6, 6.07) is 10.7. The molecular weight excluding hydrogens is 539 g/mol. The van der Waals surface area contributed by atoms with Crippen molar-refractivity contribution in [1.29, 1.82) is 0 Å². The Kier molecular flexibility index (Phi) is 10.00. The molecule has 2 aromatic carbocycles. The molecule has 3 aromatic rings. The number of aliphatic hydroxyl groups is 2. The number of aliphatic hydroxyl groups excluding tert-OH is 1. The number of aromatic nitrogens is 1. The smallest absolute Gasteiger partial charge is 0.251 e. The molecule has 8 nitrogen and oxygen atoms in total. The number of rotatable bonds is 9. The summed E-state index contributed by atoms with van der Waals surface area (Å²) < 4.78 is 30.5. The predicted octanol–water partition coefficient (Wildman–Crippen LogP) is 5.25. The lowest BCUT2D eigenvalue weighted by atomic mass is 9.84. The van der Waals surface area contributed by atoms with Gasteiger partial charge in [0.1, 0.15) is 29.5 Å². The van der Waals surface area contributed by atoms with Gasteiger partial charge in [-0.05, 0) is 49.4 Å². The molecule has 3 N–H and O–H groups in total. The summed E-state index contributed by atoms with van der Waals surface area (Å²) in [4.78, 5) is 17.6. The fourth-order valence-corrected chi connectivity index (χ4v) is 4.34. The van der Waals surface area contributed by atoms with Crippen molar-refractivity contribution in [3.8, 4) is 28.5 Å². The summed E-state index contributed by atoms with van der Waals surface area (Å²) in [5.74, 6) is 0.294. The Labute approximate surface area is 239 Å². The highest BCUT2D eigenvalue weighted by Gasteiger charge is 2.38. The van der Waals surface area contributed by atoms with E-state index in [2.05, 4.69) is 10.3 Å². The molecule has 10 heteroatoms. The first kappa shape index (κ1) is 31.1. The van der Waals surface area contributed by atoms with E-state index in [1.807, 2.05) is 27.7 Å². The number of halogens is 2. The number of hydrogen-bond acceptors (Lipinski definition) is 7. The Morgan fingerprint density at radius 3 is 2.58 bits per heavy atom. The van der Waals surface area contributed by atoms with Crippen LogP contribution in [-0.2, 0) is 11.0 Å². The molecule has 216 valence electrons. The number of benzene rings is 2. The van der Waals surface area contributed by atoms with Crippen molar-refractivity contribution in [3.63, 3.8) is 0 Å². The van der Waals surface area contributed by atoms with Crippen LogP contribution in [-0.4, -0.2) is 54.6 Å². The molecule has 2 heterocycles. The van der Waals surface area contributed by atoms with Crippen LogP contribution in [0.4, 0.5) is 4.39 Å². The number of ether oxygens (including phenoxy) is 3.